The summed E-state index contributed by atoms with van der Waals surface area (Å²) in [5.74, 6) is 0.602. The fraction of sp³-hybridized carbons (Fsp3) is 0.412. The number of aromatic nitrogens is 2. The van der Waals surface area contributed by atoms with Gasteiger partial charge in [0.05, 0.1) is 13.2 Å². The molecule has 1 fully saturated rings. The van der Waals surface area contributed by atoms with Crippen molar-refractivity contribution in [3.05, 3.63) is 47.8 Å². The summed E-state index contributed by atoms with van der Waals surface area (Å²) in [5, 5.41) is 10.7. The SMILES string of the molecule is COc1ccccc1CNC(=O)c1ccn(C2CCCNC2)n1. The molecule has 0 bridgehead atoms. The molecule has 6 nitrogen and oxygen atoms in total. The molecule has 1 unspecified atom stereocenters. The van der Waals surface area contributed by atoms with Gasteiger partial charge in [-0.3, -0.25) is 9.48 Å². The Hall–Kier alpha value is -2.34. The van der Waals surface area contributed by atoms with E-state index in [4.69, 9.17) is 4.74 Å². The van der Waals surface area contributed by atoms with Crippen LogP contribution in [0.25, 0.3) is 0 Å². The minimum Gasteiger partial charge on any atom is -0.496 e. The third-order valence-electron chi connectivity index (χ3n) is 4.12. The van der Waals surface area contributed by atoms with Crippen molar-refractivity contribution in [1.82, 2.24) is 20.4 Å². The molecule has 1 saturated heterocycles. The van der Waals surface area contributed by atoms with E-state index in [1.807, 2.05) is 35.1 Å². The second-order valence-electron chi connectivity index (χ2n) is 5.68. The lowest BCUT2D eigenvalue weighted by molar-refractivity contribution is 0.0944. The van der Waals surface area contributed by atoms with Gasteiger partial charge in [-0.25, -0.2) is 0 Å². The first kappa shape index (κ1) is 15.6. The van der Waals surface area contributed by atoms with E-state index in [0.29, 0.717) is 18.3 Å². The van der Waals surface area contributed by atoms with E-state index in [1.165, 1.54) is 0 Å². The molecular weight excluding hydrogens is 292 g/mol. The number of ether oxygens (including phenoxy) is 1. The van der Waals surface area contributed by atoms with Crippen molar-refractivity contribution >= 4 is 5.91 Å². The molecule has 23 heavy (non-hydrogen) atoms. The molecule has 122 valence electrons. The Morgan fingerprint density at radius 3 is 3.09 bits per heavy atom. The number of carbonyl (C=O) groups excluding carboxylic acids is 1. The first-order chi connectivity index (χ1) is 11.3. The summed E-state index contributed by atoms with van der Waals surface area (Å²) in [5.41, 5.74) is 1.39. The van der Waals surface area contributed by atoms with E-state index in [-0.39, 0.29) is 5.91 Å². The Kier molecular flexibility index (Phi) is 4.92. The van der Waals surface area contributed by atoms with Gasteiger partial charge in [-0.2, -0.15) is 5.10 Å². The quantitative estimate of drug-likeness (QED) is 0.882. The van der Waals surface area contributed by atoms with E-state index in [0.717, 1.165) is 37.2 Å². The van der Waals surface area contributed by atoms with Crippen LogP contribution in [-0.2, 0) is 6.54 Å². The summed E-state index contributed by atoms with van der Waals surface area (Å²) in [6.45, 7) is 2.38. The van der Waals surface area contributed by atoms with Crippen LogP contribution in [0.15, 0.2) is 36.5 Å². The molecule has 0 aliphatic carbocycles. The molecule has 1 amide bonds. The molecule has 0 radical (unpaired) electrons. The summed E-state index contributed by atoms with van der Waals surface area (Å²) < 4.78 is 7.18. The van der Waals surface area contributed by atoms with E-state index >= 15 is 0 Å². The lowest BCUT2D eigenvalue weighted by atomic mass is 10.1. The number of amides is 1. The molecule has 1 aromatic heterocycles. The third-order valence-corrected chi connectivity index (χ3v) is 4.12. The Morgan fingerprint density at radius 1 is 1.43 bits per heavy atom. The summed E-state index contributed by atoms with van der Waals surface area (Å²) in [4.78, 5) is 12.3. The molecule has 0 spiro atoms. The predicted octanol–water partition coefficient (Wildman–Crippen LogP) is 1.75. The molecule has 1 aliphatic rings. The number of nitrogens with one attached hydrogen (secondary N) is 2. The number of hydrogen-bond donors (Lipinski definition) is 2. The maximum Gasteiger partial charge on any atom is 0.272 e. The van der Waals surface area contributed by atoms with Crippen LogP contribution in [0.4, 0.5) is 0 Å². The van der Waals surface area contributed by atoms with Crippen LogP contribution in [0, 0.1) is 0 Å². The molecule has 2 N–H and O–H groups in total. The number of rotatable bonds is 5. The third kappa shape index (κ3) is 3.71. The average Bonchev–Trinajstić information content (AvgIpc) is 3.11. The van der Waals surface area contributed by atoms with Gasteiger partial charge in [-0.1, -0.05) is 18.2 Å². The zero-order valence-corrected chi connectivity index (χ0v) is 13.3. The van der Waals surface area contributed by atoms with Gasteiger partial charge in [0.2, 0.25) is 0 Å². The number of carbonyl (C=O) groups is 1. The highest BCUT2D eigenvalue weighted by Gasteiger charge is 2.17. The zero-order valence-electron chi connectivity index (χ0n) is 13.3. The van der Waals surface area contributed by atoms with Crippen molar-refractivity contribution in [3.63, 3.8) is 0 Å². The normalized spacial score (nSPS) is 17.7. The van der Waals surface area contributed by atoms with Crippen LogP contribution >= 0.6 is 0 Å². The van der Waals surface area contributed by atoms with Crippen LogP contribution in [0.1, 0.15) is 34.9 Å². The molecule has 2 heterocycles. The van der Waals surface area contributed by atoms with Crippen LogP contribution in [0.5, 0.6) is 5.75 Å². The zero-order chi connectivity index (χ0) is 16.1. The molecule has 6 heteroatoms. The Balaban J connectivity index is 1.61. The van der Waals surface area contributed by atoms with E-state index in [1.54, 1.807) is 13.2 Å². The fourth-order valence-electron chi connectivity index (χ4n) is 2.84. The lowest BCUT2D eigenvalue weighted by Crippen LogP contribution is -2.32. The van der Waals surface area contributed by atoms with Gasteiger partial charge in [-0.15, -0.1) is 0 Å². The summed E-state index contributed by atoms with van der Waals surface area (Å²) in [6, 6.07) is 9.75. The van der Waals surface area contributed by atoms with Crippen molar-refractivity contribution in [1.29, 1.82) is 0 Å². The van der Waals surface area contributed by atoms with Crippen molar-refractivity contribution in [2.24, 2.45) is 0 Å². The number of benzene rings is 1. The maximum absolute atomic E-state index is 12.3. The smallest absolute Gasteiger partial charge is 0.272 e. The van der Waals surface area contributed by atoms with Gasteiger partial charge in [0.15, 0.2) is 0 Å². The Morgan fingerprint density at radius 2 is 2.30 bits per heavy atom. The largest absolute Gasteiger partial charge is 0.496 e. The van der Waals surface area contributed by atoms with Crippen molar-refractivity contribution in [2.75, 3.05) is 20.2 Å². The second kappa shape index (κ2) is 7.28. The first-order valence-electron chi connectivity index (χ1n) is 7.94. The summed E-state index contributed by atoms with van der Waals surface area (Å²) in [7, 11) is 1.63. The first-order valence-corrected chi connectivity index (χ1v) is 7.94. The molecule has 1 aliphatic heterocycles. The highest BCUT2D eigenvalue weighted by atomic mass is 16.5. The topological polar surface area (TPSA) is 68.2 Å². The van der Waals surface area contributed by atoms with Gasteiger partial charge in [0.25, 0.3) is 5.91 Å². The minimum absolute atomic E-state index is 0.168. The minimum atomic E-state index is -0.168. The van der Waals surface area contributed by atoms with E-state index in [9.17, 15) is 4.79 Å². The standard InChI is InChI=1S/C17H22N4O2/c1-23-16-7-3-2-5-13(16)11-19-17(22)15-8-10-21(20-15)14-6-4-9-18-12-14/h2-3,5,7-8,10,14,18H,4,6,9,11-12H2,1H3,(H,19,22). The monoisotopic (exact) mass is 314 g/mol. The Labute approximate surface area is 135 Å². The maximum atomic E-state index is 12.3. The van der Waals surface area contributed by atoms with Crippen LogP contribution in [0.3, 0.4) is 0 Å². The number of nitrogens with zero attached hydrogens (tertiary/aromatic N) is 2. The molecular formula is C17H22N4O2. The van der Waals surface area contributed by atoms with E-state index in [2.05, 4.69) is 15.7 Å². The molecule has 2 aromatic rings. The fourth-order valence-corrected chi connectivity index (χ4v) is 2.84. The van der Waals surface area contributed by atoms with Crippen LogP contribution < -0.4 is 15.4 Å². The molecule has 3 rings (SSSR count). The van der Waals surface area contributed by atoms with Crippen LogP contribution in [-0.4, -0.2) is 35.9 Å². The number of para-hydroxylation sites is 1. The molecule has 1 atom stereocenters. The lowest BCUT2D eigenvalue weighted by Gasteiger charge is -2.22. The van der Waals surface area contributed by atoms with Crippen molar-refractivity contribution < 1.29 is 9.53 Å². The number of piperidine rings is 1. The second-order valence-corrected chi connectivity index (χ2v) is 5.68. The average molecular weight is 314 g/mol. The van der Waals surface area contributed by atoms with Gasteiger partial charge < -0.3 is 15.4 Å². The van der Waals surface area contributed by atoms with Gasteiger partial charge in [-0.05, 0) is 31.5 Å². The molecule has 1 aromatic carbocycles. The summed E-state index contributed by atoms with van der Waals surface area (Å²) >= 11 is 0. The number of methoxy groups -OCH3 is 1. The van der Waals surface area contributed by atoms with Gasteiger partial charge in [0.1, 0.15) is 11.4 Å². The number of hydrogen-bond acceptors (Lipinski definition) is 4. The van der Waals surface area contributed by atoms with Crippen molar-refractivity contribution in [2.45, 2.75) is 25.4 Å². The van der Waals surface area contributed by atoms with E-state index < -0.39 is 0 Å². The predicted molar refractivity (Wildman–Crippen MR) is 87.5 cm³/mol. The highest BCUT2D eigenvalue weighted by Crippen LogP contribution is 2.17. The Bertz CT molecular complexity index is 662. The van der Waals surface area contributed by atoms with Gasteiger partial charge in [0, 0.05) is 24.8 Å². The van der Waals surface area contributed by atoms with Crippen molar-refractivity contribution in [3.8, 4) is 5.75 Å². The summed E-state index contributed by atoms with van der Waals surface area (Å²) in [6.07, 6.45) is 4.12. The van der Waals surface area contributed by atoms with Crippen LogP contribution in [0.2, 0.25) is 0 Å². The highest BCUT2D eigenvalue weighted by molar-refractivity contribution is 5.92. The molecule has 0 saturated carbocycles. The van der Waals surface area contributed by atoms with Gasteiger partial charge >= 0.3 is 0 Å².